The summed E-state index contributed by atoms with van der Waals surface area (Å²) in [5.74, 6) is 0.886. The van der Waals surface area contributed by atoms with E-state index in [1.165, 1.54) is 0 Å². The number of nitrogens with zero attached hydrogens (tertiary/aromatic N) is 3. The van der Waals surface area contributed by atoms with Crippen molar-refractivity contribution in [3.63, 3.8) is 0 Å². The van der Waals surface area contributed by atoms with Crippen molar-refractivity contribution in [2.75, 3.05) is 0 Å². The number of hydrogen-bond donors (Lipinski definition) is 0. The van der Waals surface area contributed by atoms with Gasteiger partial charge in [-0.15, -0.1) is 0 Å². The number of carbonyl (C=O) groups is 1. The first kappa shape index (κ1) is 8.87. The second-order valence-electron chi connectivity index (χ2n) is 3.30. The highest BCUT2D eigenvalue weighted by Crippen LogP contribution is 2.16. The lowest BCUT2D eigenvalue weighted by molar-refractivity contribution is 0.101. The summed E-state index contributed by atoms with van der Waals surface area (Å²) in [5, 5.41) is 0. The quantitative estimate of drug-likeness (QED) is 0.638. The van der Waals surface area contributed by atoms with Gasteiger partial charge < -0.3 is 4.57 Å². The largest absolute Gasteiger partial charge is 0.316 e. The van der Waals surface area contributed by atoms with Gasteiger partial charge in [-0.1, -0.05) is 0 Å². The van der Waals surface area contributed by atoms with E-state index >= 15 is 0 Å². The normalized spacial score (nSPS) is 10.8. The average Bonchev–Trinajstić information content (AvgIpc) is 2.43. The van der Waals surface area contributed by atoms with Gasteiger partial charge in [-0.2, -0.15) is 0 Å². The minimum absolute atomic E-state index is 0.0236. The molecule has 0 aromatic carbocycles. The summed E-state index contributed by atoms with van der Waals surface area (Å²) in [7, 11) is 1.89. The molecule has 0 aliphatic carbocycles. The lowest BCUT2D eigenvalue weighted by atomic mass is 10.2. The summed E-state index contributed by atoms with van der Waals surface area (Å²) < 4.78 is 1.88. The van der Waals surface area contributed by atoms with Gasteiger partial charge in [0.15, 0.2) is 11.4 Å². The number of pyridine rings is 1. The van der Waals surface area contributed by atoms with E-state index < -0.39 is 0 Å². The Morgan fingerprint density at radius 1 is 1.50 bits per heavy atom. The monoisotopic (exact) mass is 189 g/mol. The molecule has 0 bridgehead atoms. The molecule has 0 spiro atoms. The highest BCUT2D eigenvalue weighted by molar-refractivity contribution is 6.04. The zero-order chi connectivity index (χ0) is 10.3. The van der Waals surface area contributed by atoms with Gasteiger partial charge in [-0.3, -0.25) is 4.79 Å². The fourth-order valence-electron chi connectivity index (χ4n) is 1.47. The third-order valence-electron chi connectivity index (χ3n) is 2.36. The highest BCUT2D eigenvalue weighted by Gasteiger charge is 2.11. The van der Waals surface area contributed by atoms with E-state index in [9.17, 15) is 4.79 Å². The van der Waals surface area contributed by atoms with Crippen molar-refractivity contribution in [1.29, 1.82) is 0 Å². The molecule has 4 nitrogen and oxygen atoms in total. The highest BCUT2D eigenvalue weighted by atomic mass is 16.1. The van der Waals surface area contributed by atoms with Crippen LogP contribution in [-0.4, -0.2) is 20.3 Å². The summed E-state index contributed by atoms with van der Waals surface area (Å²) >= 11 is 0. The minimum atomic E-state index is 0.0236. The molecule has 2 aromatic heterocycles. The lowest BCUT2D eigenvalue weighted by Gasteiger charge is -1.97. The summed E-state index contributed by atoms with van der Waals surface area (Å²) in [5.41, 5.74) is 2.09. The van der Waals surface area contributed by atoms with E-state index in [0.29, 0.717) is 11.1 Å². The Morgan fingerprint density at radius 2 is 2.21 bits per heavy atom. The maximum absolute atomic E-state index is 11.3. The second kappa shape index (κ2) is 2.90. The van der Waals surface area contributed by atoms with E-state index in [4.69, 9.17) is 0 Å². The van der Waals surface area contributed by atoms with Gasteiger partial charge in [-0.25, -0.2) is 9.97 Å². The Kier molecular flexibility index (Phi) is 1.84. The van der Waals surface area contributed by atoms with Crippen LogP contribution in [0.25, 0.3) is 11.2 Å². The van der Waals surface area contributed by atoms with E-state index in [1.54, 1.807) is 19.2 Å². The fraction of sp³-hybridized carbons (Fsp3) is 0.300. The van der Waals surface area contributed by atoms with Crippen LogP contribution in [0.5, 0.6) is 0 Å². The first-order valence-electron chi connectivity index (χ1n) is 4.40. The van der Waals surface area contributed by atoms with Crippen LogP contribution in [0.2, 0.25) is 0 Å². The SMILES string of the molecule is CC(=O)c1ccnc2c1nc(C)n2C. The molecule has 0 fully saturated rings. The molecule has 0 saturated carbocycles. The number of Topliss-reactive ketones (excluding diaryl/α,β-unsaturated/α-hetero) is 1. The van der Waals surface area contributed by atoms with Crippen LogP contribution in [0.15, 0.2) is 12.3 Å². The van der Waals surface area contributed by atoms with Crippen molar-refractivity contribution in [2.45, 2.75) is 13.8 Å². The molecule has 4 heteroatoms. The third-order valence-corrected chi connectivity index (χ3v) is 2.36. The molecule has 0 unspecified atom stereocenters. The van der Waals surface area contributed by atoms with Crippen LogP contribution in [-0.2, 0) is 7.05 Å². The summed E-state index contributed by atoms with van der Waals surface area (Å²) in [6.45, 7) is 3.43. The first-order chi connectivity index (χ1) is 6.61. The molecule has 72 valence electrons. The van der Waals surface area contributed by atoms with Crippen molar-refractivity contribution in [3.05, 3.63) is 23.7 Å². The predicted molar refractivity (Wildman–Crippen MR) is 53.3 cm³/mol. The van der Waals surface area contributed by atoms with Gasteiger partial charge in [0.05, 0.1) is 0 Å². The number of imidazole rings is 1. The van der Waals surface area contributed by atoms with Gasteiger partial charge >= 0.3 is 0 Å². The van der Waals surface area contributed by atoms with Gasteiger partial charge in [0.25, 0.3) is 0 Å². The van der Waals surface area contributed by atoms with Gasteiger partial charge in [-0.05, 0) is 19.9 Å². The maximum atomic E-state index is 11.3. The molecule has 0 aliphatic heterocycles. The van der Waals surface area contributed by atoms with E-state index in [-0.39, 0.29) is 5.78 Å². The number of aromatic nitrogens is 3. The summed E-state index contributed by atoms with van der Waals surface area (Å²) in [6, 6.07) is 1.71. The standard InChI is InChI=1S/C10H11N3O/c1-6(14)8-4-5-11-10-9(8)12-7(2)13(10)3/h4-5H,1-3H3. The lowest BCUT2D eigenvalue weighted by Crippen LogP contribution is -1.96. The molecule has 0 amide bonds. The Balaban J connectivity index is 2.88. The molecule has 2 rings (SSSR count). The molecule has 0 aliphatic rings. The number of fused-ring (bicyclic) bond motifs is 1. The second-order valence-corrected chi connectivity index (χ2v) is 3.30. The van der Waals surface area contributed by atoms with Crippen molar-refractivity contribution < 1.29 is 4.79 Å². The van der Waals surface area contributed by atoms with Crippen LogP contribution < -0.4 is 0 Å². The van der Waals surface area contributed by atoms with Gasteiger partial charge in [0.1, 0.15) is 11.3 Å². The van der Waals surface area contributed by atoms with Crippen LogP contribution in [0.3, 0.4) is 0 Å². The Bertz CT molecular complexity index is 513. The average molecular weight is 189 g/mol. The van der Waals surface area contributed by atoms with E-state index in [1.807, 2.05) is 18.5 Å². The number of rotatable bonds is 1. The van der Waals surface area contributed by atoms with Crippen LogP contribution >= 0.6 is 0 Å². The molecule has 2 heterocycles. The first-order valence-corrected chi connectivity index (χ1v) is 4.40. The van der Waals surface area contributed by atoms with E-state index in [0.717, 1.165) is 11.5 Å². The van der Waals surface area contributed by atoms with Crippen LogP contribution in [0, 0.1) is 6.92 Å². The van der Waals surface area contributed by atoms with Crippen molar-refractivity contribution in [1.82, 2.24) is 14.5 Å². The minimum Gasteiger partial charge on any atom is -0.316 e. The topological polar surface area (TPSA) is 47.8 Å². The van der Waals surface area contributed by atoms with E-state index in [2.05, 4.69) is 9.97 Å². The summed E-state index contributed by atoms with van der Waals surface area (Å²) in [4.78, 5) is 19.8. The fourth-order valence-corrected chi connectivity index (χ4v) is 1.47. The van der Waals surface area contributed by atoms with Gasteiger partial charge in [0.2, 0.25) is 0 Å². The molecular formula is C10H11N3O. The zero-order valence-corrected chi connectivity index (χ0v) is 8.40. The number of hydrogen-bond acceptors (Lipinski definition) is 3. The van der Waals surface area contributed by atoms with Crippen LogP contribution in [0.4, 0.5) is 0 Å². The Labute approximate surface area is 81.6 Å². The molecule has 0 atom stereocenters. The Morgan fingerprint density at radius 3 is 2.86 bits per heavy atom. The smallest absolute Gasteiger partial charge is 0.162 e. The predicted octanol–water partition coefficient (Wildman–Crippen LogP) is 1.48. The summed E-state index contributed by atoms with van der Waals surface area (Å²) in [6.07, 6.45) is 1.64. The molecule has 2 aromatic rings. The van der Waals surface area contributed by atoms with Crippen molar-refractivity contribution >= 4 is 16.9 Å². The van der Waals surface area contributed by atoms with Crippen LogP contribution in [0.1, 0.15) is 23.1 Å². The zero-order valence-electron chi connectivity index (χ0n) is 8.40. The number of carbonyl (C=O) groups excluding carboxylic acids is 1. The molecular weight excluding hydrogens is 178 g/mol. The molecule has 14 heavy (non-hydrogen) atoms. The molecule has 0 radical (unpaired) electrons. The number of aryl methyl sites for hydroxylation is 2. The van der Waals surface area contributed by atoms with Gasteiger partial charge in [0, 0.05) is 18.8 Å². The third kappa shape index (κ3) is 1.11. The number of ketones is 1. The van der Waals surface area contributed by atoms with Crippen molar-refractivity contribution in [2.24, 2.45) is 7.05 Å². The van der Waals surface area contributed by atoms with Crippen molar-refractivity contribution in [3.8, 4) is 0 Å². The molecule has 0 N–H and O–H groups in total. The maximum Gasteiger partial charge on any atom is 0.162 e. The Hall–Kier alpha value is -1.71. The molecule has 0 saturated heterocycles.